The second kappa shape index (κ2) is 5.73. The highest BCUT2D eigenvalue weighted by atomic mass is 16.5. The van der Waals surface area contributed by atoms with Crippen molar-refractivity contribution in [2.24, 2.45) is 11.8 Å². The Kier molecular flexibility index (Phi) is 4.21. The van der Waals surface area contributed by atoms with Gasteiger partial charge in [-0.05, 0) is 55.4 Å². The largest absolute Gasteiger partial charge is 0.497 e. The average Bonchev–Trinajstić information content (AvgIpc) is 2.44. The molecule has 1 aromatic carbocycles. The summed E-state index contributed by atoms with van der Waals surface area (Å²) < 4.78 is 5.12. The molecule has 0 saturated heterocycles. The fourth-order valence-corrected chi connectivity index (χ4v) is 2.92. The van der Waals surface area contributed by atoms with E-state index in [4.69, 9.17) is 4.74 Å². The molecule has 0 radical (unpaired) electrons. The van der Waals surface area contributed by atoms with Gasteiger partial charge in [-0.25, -0.2) is 4.79 Å². The number of hydrogen-bond donors (Lipinski definition) is 2. The van der Waals surface area contributed by atoms with Crippen LogP contribution in [0.25, 0.3) is 0 Å². The molecule has 1 aliphatic rings. The molecule has 1 aromatic rings. The van der Waals surface area contributed by atoms with Crippen LogP contribution >= 0.6 is 0 Å². The van der Waals surface area contributed by atoms with E-state index in [0.29, 0.717) is 24.7 Å². The van der Waals surface area contributed by atoms with Crippen LogP contribution in [0.2, 0.25) is 0 Å². The minimum absolute atomic E-state index is 0.408. The van der Waals surface area contributed by atoms with Gasteiger partial charge in [-0.15, -0.1) is 0 Å². The highest BCUT2D eigenvalue weighted by Gasteiger charge is 2.43. The highest BCUT2D eigenvalue weighted by Crippen LogP contribution is 2.38. The molecule has 1 aliphatic carbocycles. The summed E-state index contributed by atoms with van der Waals surface area (Å²) in [6, 6.07) is 7.41. The third kappa shape index (κ3) is 2.89. The van der Waals surface area contributed by atoms with Gasteiger partial charge in [0.15, 0.2) is 0 Å². The Morgan fingerprint density at radius 3 is 2.45 bits per heavy atom. The minimum Gasteiger partial charge on any atom is -0.497 e. The molecule has 0 bridgehead atoms. The number of ether oxygens (including phenoxy) is 1. The molecule has 2 rings (SSSR count). The number of benzene rings is 1. The Balaban J connectivity index is 2.18. The zero-order valence-electron chi connectivity index (χ0n) is 12.3. The molecule has 0 heterocycles. The number of carbonyl (C=O) groups is 1. The quantitative estimate of drug-likeness (QED) is 0.885. The maximum Gasteiger partial charge on any atom is 0.329 e. The van der Waals surface area contributed by atoms with Gasteiger partial charge >= 0.3 is 5.97 Å². The molecule has 20 heavy (non-hydrogen) atoms. The van der Waals surface area contributed by atoms with Gasteiger partial charge in [-0.1, -0.05) is 13.8 Å². The zero-order valence-corrected chi connectivity index (χ0v) is 12.3. The van der Waals surface area contributed by atoms with Crippen molar-refractivity contribution in [2.75, 3.05) is 12.4 Å². The molecular formula is C16H23NO3. The maximum atomic E-state index is 11.8. The molecule has 0 spiro atoms. The Labute approximate surface area is 120 Å². The Morgan fingerprint density at radius 1 is 1.30 bits per heavy atom. The number of carboxylic acid groups (broad SMARTS) is 1. The normalized spacial score (nSPS) is 29.8. The lowest BCUT2D eigenvalue weighted by Gasteiger charge is -2.40. The summed E-state index contributed by atoms with van der Waals surface area (Å²) in [6.45, 7) is 4.33. The fraction of sp³-hybridized carbons (Fsp3) is 0.562. The Morgan fingerprint density at radius 2 is 1.95 bits per heavy atom. The van der Waals surface area contributed by atoms with Crippen LogP contribution in [0, 0.1) is 11.8 Å². The van der Waals surface area contributed by atoms with Crippen molar-refractivity contribution in [1.82, 2.24) is 0 Å². The van der Waals surface area contributed by atoms with E-state index >= 15 is 0 Å². The first-order chi connectivity index (χ1) is 9.47. The van der Waals surface area contributed by atoms with Crippen molar-refractivity contribution >= 4 is 11.7 Å². The molecule has 0 amide bonds. The predicted molar refractivity (Wildman–Crippen MR) is 79.2 cm³/mol. The predicted octanol–water partition coefficient (Wildman–Crippen LogP) is 3.39. The van der Waals surface area contributed by atoms with Crippen molar-refractivity contribution in [1.29, 1.82) is 0 Å². The van der Waals surface area contributed by atoms with E-state index in [9.17, 15) is 9.90 Å². The van der Waals surface area contributed by atoms with Gasteiger partial charge in [0.1, 0.15) is 11.3 Å². The molecule has 4 heteroatoms. The number of anilines is 1. The van der Waals surface area contributed by atoms with E-state index in [2.05, 4.69) is 19.2 Å². The van der Waals surface area contributed by atoms with Crippen LogP contribution in [0.15, 0.2) is 24.3 Å². The molecule has 0 aliphatic heterocycles. The van der Waals surface area contributed by atoms with Crippen LogP contribution in [0.3, 0.4) is 0 Å². The van der Waals surface area contributed by atoms with E-state index in [0.717, 1.165) is 17.9 Å². The molecule has 4 nitrogen and oxygen atoms in total. The molecular weight excluding hydrogens is 254 g/mol. The second-order valence-electron chi connectivity index (χ2n) is 5.94. The number of rotatable bonds is 4. The van der Waals surface area contributed by atoms with Gasteiger partial charge < -0.3 is 15.2 Å². The van der Waals surface area contributed by atoms with Crippen LogP contribution in [0.5, 0.6) is 5.75 Å². The Hall–Kier alpha value is -1.71. The first-order valence-corrected chi connectivity index (χ1v) is 7.12. The number of hydrogen-bond acceptors (Lipinski definition) is 3. The van der Waals surface area contributed by atoms with Crippen molar-refractivity contribution in [3.05, 3.63) is 24.3 Å². The average molecular weight is 277 g/mol. The molecule has 110 valence electrons. The maximum absolute atomic E-state index is 11.8. The lowest BCUT2D eigenvalue weighted by atomic mass is 9.71. The third-order valence-electron chi connectivity index (χ3n) is 4.55. The topological polar surface area (TPSA) is 58.6 Å². The van der Waals surface area contributed by atoms with Crippen molar-refractivity contribution < 1.29 is 14.6 Å². The summed E-state index contributed by atoms with van der Waals surface area (Å²) in [4.78, 5) is 11.8. The van der Waals surface area contributed by atoms with E-state index in [1.165, 1.54) is 0 Å². The Bertz CT molecular complexity index is 471. The number of nitrogens with one attached hydrogen (secondary N) is 1. The van der Waals surface area contributed by atoms with Gasteiger partial charge in [0.25, 0.3) is 0 Å². The zero-order chi connectivity index (χ0) is 14.8. The van der Waals surface area contributed by atoms with Gasteiger partial charge in [0, 0.05) is 5.69 Å². The molecule has 1 saturated carbocycles. The summed E-state index contributed by atoms with van der Waals surface area (Å²) in [5.41, 5.74) is -0.0181. The van der Waals surface area contributed by atoms with E-state index in [1.54, 1.807) is 7.11 Å². The SMILES string of the molecule is COc1ccc(NC2(C(=O)O)CCC(C)C(C)C2)cc1. The van der Waals surface area contributed by atoms with Gasteiger partial charge in [0.2, 0.25) is 0 Å². The summed E-state index contributed by atoms with van der Waals surface area (Å²) in [6.07, 6.45) is 2.27. The molecule has 2 N–H and O–H groups in total. The van der Waals surface area contributed by atoms with E-state index in [-0.39, 0.29) is 0 Å². The molecule has 1 fully saturated rings. The van der Waals surface area contributed by atoms with Crippen molar-refractivity contribution in [3.63, 3.8) is 0 Å². The lowest BCUT2D eigenvalue weighted by Crippen LogP contribution is -2.51. The third-order valence-corrected chi connectivity index (χ3v) is 4.55. The summed E-state index contributed by atoms with van der Waals surface area (Å²) in [7, 11) is 1.62. The van der Waals surface area contributed by atoms with Gasteiger partial charge in [-0.3, -0.25) is 0 Å². The minimum atomic E-state index is -0.847. The summed E-state index contributed by atoms with van der Waals surface area (Å²) in [5.74, 6) is 1.00. The van der Waals surface area contributed by atoms with E-state index < -0.39 is 11.5 Å². The molecule has 0 aromatic heterocycles. The first kappa shape index (κ1) is 14.7. The summed E-state index contributed by atoms with van der Waals surface area (Å²) >= 11 is 0. The van der Waals surface area contributed by atoms with Gasteiger partial charge in [0.05, 0.1) is 7.11 Å². The van der Waals surface area contributed by atoms with Crippen molar-refractivity contribution in [2.45, 2.75) is 38.6 Å². The van der Waals surface area contributed by atoms with Crippen LogP contribution in [0.4, 0.5) is 5.69 Å². The van der Waals surface area contributed by atoms with Crippen LogP contribution in [0.1, 0.15) is 33.1 Å². The number of carboxylic acids is 1. The van der Waals surface area contributed by atoms with Crippen LogP contribution in [-0.2, 0) is 4.79 Å². The number of aliphatic carboxylic acids is 1. The highest BCUT2D eigenvalue weighted by molar-refractivity contribution is 5.83. The van der Waals surface area contributed by atoms with Crippen molar-refractivity contribution in [3.8, 4) is 5.75 Å². The second-order valence-corrected chi connectivity index (χ2v) is 5.94. The lowest BCUT2D eigenvalue weighted by molar-refractivity contribution is -0.144. The first-order valence-electron chi connectivity index (χ1n) is 7.12. The molecule has 3 unspecified atom stereocenters. The molecule has 3 atom stereocenters. The van der Waals surface area contributed by atoms with Gasteiger partial charge in [-0.2, -0.15) is 0 Å². The number of methoxy groups -OCH3 is 1. The summed E-state index contributed by atoms with van der Waals surface area (Å²) in [5, 5.41) is 12.9. The van der Waals surface area contributed by atoms with E-state index in [1.807, 2.05) is 24.3 Å². The smallest absolute Gasteiger partial charge is 0.329 e. The standard InChI is InChI=1S/C16H23NO3/c1-11-8-9-16(15(18)19,10-12(11)2)17-13-4-6-14(20-3)7-5-13/h4-7,11-12,17H,8-10H2,1-3H3,(H,18,19). The van der Waals surface area contributed by atoms with Crippen LogP contribution < -0.4 is 10.1 Å². The fourth-order valence-electron chi connectivity index (χ4n) is 2.92. The monoisotopic (exact) mass is 277 g/mol. The van der Waals surface area contributed by atoms with Crippen LogP contribution in [-0.4, -0.2) is 23.7 Å².